The Hall–Kier alpha value is -2.18. The van der Waals surface area contributed by atoms with E-state index in [1.165, 1.54) is 7.11 Å². The van der Waals surface area contributed by atoms with Crippen LogP contribution in [0.2, 0.25) is 0 Å². The average molecular weight is 292 g/mol. The minimum atomic E-state index is -0.654. The number of amides is 2. The molecule has 0 unspecified atom stereocenters. The molecule has 0 radical (unpaired) electrons. The number of rotatable bonds is 3. The van der Waals surface area contributed by atoms with Crippen LogP contribution in [-0.4, -0.2) is 47.3 Å². The summed E-state index contributed by atoms with van der Waals surface area (Å²) in [7, 11) is 1.37. The molecule has 2 heterocycles. The summed E-state index contributed by atoms with van der Waals surface area (Å²) in [5, 5.41) is 10.4. The molecule has 2 rings (SSSR count). The first-order chi connectivity index (χ1) is 9.97. The lowest BCUT2D eigenvalue weighted by atomic mass is 9.81. The number of hydrogen-bond acceptors (Lipinski definition) is 5. The lowest BCUT2D eigenvalue weighted by Crippen LogP contribution is -2.41. The first-order valence-electron chi connectivity index (χ1n) is 6.85. The van der Waals surface area contributed by atoms with Gasteiger partial charge >= 0.3 is 12.0 Å². The predicted molar refractivity (Wildman–Crippen MR) is 75.1 cm³/mol. The molecule has 1 aromatic heterocycles. The highest BCUT2D eigenvalue weighted by atomic mass is 16.5. The Balaban J connectivity index is 1.94. The lowest BCUT2D eigenvalue weighted by Gasteiger charge is -2.24. The highest BCUT2D eigenvalue weighted by molar-refractivity contribution is 5.81. The van der Waals surface area contributed by atoms with Crippen molar-refractivity contribution in [2.24, 2.45) is 11.3 Å². The molecule has 1 fully saturated rings. The zero-order valence-electron chi connectivity index (χ0n) is 12.5. The molecule has 1 N–H and O–H groups in total. The number of methoxy groups -OCH3 is 1. The second-order valence-corrected chi connectivity index (χ2v) is 5.56. The normalized spacial score (nSPS) is 24.7. The van der Waals surface area contributed by atoms with Gasteiger partial charge in [0.25, 0.3) is 0 Å². The summed E-state index contributed by atoms with van der Waals surface area (Å²) in [6.07, 6.45) is 1.58. The number of nitrogens with zero attached hydrogens (tertiary/aromatic N) is 3. The summed E-state index contributed by atoms with van der Waals surface area (Å²) in [5.74, 6) is -0.230. The maximum atomic E-state index is 12.2. The molecule has 1 saturated heterocycles. The van der Waals surface area contributed by atoms with Crippen molar-refractivity contribution in [2.45, 2.75) is 20.4 Å². The van der Waals surface area contributed by atoms with Gasteiger partial charge in [0.05, 0.1) is 24.8 Å². The molecular weight excluding hydrogens is 272 g/mol. The Morgan fingerprint density at radius 2 is 2.33 bits per heavy atom. The van der Waals surface area contributed by atoms with Gasteiger partial charge < -0.3 is 15.0 Å². The van der Waals surface area contributed by atoms with Gasteiger partial charge in [-0.1, -0.05) is 6.92 Å². The maximum absolute atomic E-state index is 12.2. The highest BCUT2D eigenvalue weighted by Crippen LogP contribution is 2.36. The van der Waals surface area contributed by atoms with Crippen LogP contribution in [0.15, 0.2) is 18.3 Å². The molecule has 7 heteroatoms. The summed E-state index contributed by atoms with van der Waals surface area (Å²) in [6, 6.07) is 3.35. The van der Waals surface area contributed by atoms with E-state index in [0.717, 1.165) is 0 Å². The summed E-state index contributed by atoms with van der Waals surface area (Å²) < 4.78 is 4.85. The monoisotopic (exact) mass is 292 g/mol. The number of urea groups is 1. The number of aromatic nitrogens is 2. The number of carbonyl (C=O) groups excluding carboxylic acids is 2. The Morgan fingerprint density at radius 3 is 2.95 bits per heavy atom. The molecule has 0 aliphatic carbocycles. The molecule has 21 heavy (non-hydrogen) atoms. The van der Waals surface area contributed by atoms with Crippen molar-refractivity contribution in [3.05, 3.63) is 24.0 Å². The second kappa shape index (κ2) is 6.07. The van der Waals surface area contributed by atoms with Crippen LogP contribution < -0.4 is 5.32 Å². The Kier molecular flexibility index (Phi) is 4.40. The third kappa shape index (κ3) is 3.12. The van der Waals surface area contributed by atoms with Crippen molar-refractivity contribution in [1.82, 2.24) is 20.4 Å². The number of ether oxygens (including phenoxy) is 1. The predicted octanol–water partition coefficient (Wildman–Crippen LogP) is 0.817. The minimum Gasteiger partial charge on any atom is -0.469 e. The van der Waals surface area contributed by atoms with E-state index in [2.05, 4.69) is 15.5 Å². The highest BCUT2D eigenvalue weighted by Gasteiger charge is 2.48. The Labute approximate surface area is 123 Å². The van der Waals surface area contributed by atoms with Crippen LogP contribution in [-0.2, 0) is 16.1 Å². The topological polar surface area (TPSA) is 84.4 Å². The molecule has 1 aliphatic rings. The van der Waals surface area contributed by atoms with Gasteiger partial charge in [0.1, 0.15) is 0 Å². The molecule has 114 valence electrons. The van der Waals surface area contributed by atoms with Gasteiger partial charge in [-0.15, -0.1) is 0 Å². The van der Waals surface area contributed by atoms with E-state index < -0.39 is 5.41 Å². The van der Waals surface area contributed by atoms with Gasteiger partial charge in [-0.25, -0.2) is 4.79 Å². The molecule has 1 aromatic rings. The third-order valence-corrected chi connectivity index (χ3v) is 4.09. The second-order valence-electron chi connectivity index (χ2n) is 5.56. The molecule has 0 spiro atoms. The van der Waals surface area contributed by atoms with Crippen molar-refractivity contribution in [2.75, 3.05) is 20.2 Å². The first kappa shape index (κ1) is 15.2. The molecule has 2 amide bonds. The van der Waals surface area contributed by atoms with E-state index in [1.807, 2.05) is 13.8 Å². The molecule has 2 atom stereocenters. The number of nitrogens with one attached hydrogen (secondary N) is 1. The largest absolute Gasteiger partial charge is 0.469 e. The number of carbonyl (C=O) groups is 2. The van der Waals surface area contributed by atoms with Crippen molar-refractivity contribution >= 4 is 12.0 Å². The Morgan fingerprint density at radius 1 is 1.57 bits per heavy atom. The number of likely N-dealkylation sites (tertiary alicyclic amines) is 1. The summed E-state index contributed by atoms with van der Waals surface area (Å²) in [6.45, 7) is 4.98. The Bertz CT molecular complexity index is 522. The van der Waals surface area contributed by atoms with Crippen LogP contribution in [0.1, 0.15) is 19.5 Å². The fourth-order valence-electron chi connectivity index (χ4n) is 2.51. The third-order valence-electron chi connectivity index (χ3n) is 4.09. The van der Waals surface area contributed by atoms with E-state index in [1.54, 1.807) is 23.2 Å². The fourth-order valence-corrected chi connectivity index (χ4v) is 2.51. The van der Waals surface area contributed by atoms with E-state index in [4.69, 9.17) is 4.74 Å². The zero-order valence-corrected chi connectivity index (χ0v) is 12.5. The molecule has 1 aliphatic heterocycles. The fraction of sp³-hybridized carbons (Fsp3) is 0.571. The van der Waals surface area contributed by atoms with Gasteiger partial charge in [-0.3, -0.25) is 4.79 Å². The van der Waals surface area contributed by atoms with E-state index in [-0.39, 0.29) is 17.9 Å². The van der Waals surface area contributed by atoms with E-state index in [0.29, 0.717) is 25.3 Å². The quantitative estimate of drug-likeness (QED) is 0.834. The van der Waals surface area contributed by atoms with Crippen LogP contribution in [0, 0.1) is 11.3 Å². The van der Waals surface area contributed by atoms with Crippen LogP contribution in [0.5, 0.6) is 0 Å². The maximum Gasteiger partial charge on any atom is 0.317 e. The number of esters is 1. The van der Waals surface area contributed by atoms with Crippen molar-refractivity contribution < 1.29 is 14.3 Å². The number of hydrogen-bond donors (Lipinski definition) is 1. The van der Waals surface area contributed by atoms with Crippen molar-refractivity contribution in [3.8, 4) is 0 Å². The summed E-state index contributed by atoms with van der Waals surface area (Å²) >= 11 is 0. The standard InChI is InChI=1S/C14H20N4O3/c1-10-8-18(9-14(10,2)12(19)21-3)13(20)15-7-11-5-4-6-16-17-11/h4-6,10H,7-9H2,1-3H3,(H,15,20)/t10-,14-/m1/s1. The first-order valence-corrected chi connectivity index (χ1v) is 6.85. The van der Waals surface area contributed by atoms with Crippen LogP contribution in [0.3, 0.4) is 0 Å². The molecule has 0 bridgehead atoms. The summed E-state index contributed by atoms with van der Waals surface area (Å²) in [4.78, 5) is 25.7. The van der Waals surface area contributed by atoms with Gasteiger partial charge in [0, 0.05) is 19.3 Å². The molecule has 7 nitrogen and oxygen atoms in total. The smallest absolute Gasteiger partial charge is 0.317 e. The SMILES string of the molecule is COC(=O)[C@]1(C)CN(C(=O)NCc2cccnn2)C[C@H]1C. The zero-order chi connectivity index (χ0) is 15.5. The van der Waals surface area contributed by atoms with E-state index in [9.17, 15) is 9.59 Å². The average Bonchev–Trinajstić information content (AvgIpc) is 2.82. The van der Waals surface area contributed by atoms with Crippen LogP contribution in [0.4, 0.5) is 4.79 Å². The van der Waals surface area contributed by atoms with Crippen LogP contribution in [0.25, 0.3) is 0 Å². The lowest BCUT2D eigenvalue weighted by molar-refractivity contribution is -0.152. The molecule has 0 saturated carbocycles. The molecule has 0 aromatic carbocycles. The van der Waals surface area contributed by atoms with Gasteiger partial charge in [-0.2, -0.15) is 10.2 Å². The van der Waals surface area contributed by atoms with Gasteiger partial charge in [-0.05, 0) is 25.0 Å². The van der Waals surface area contributed by atoms with E-state index >= 15 is 0 Å². The van der Waals surface area contributed by atoms with Gasteiger partial charge in [0.15, 0.2) is 0 Å². The van der Waals surface area contributed by atoms with Gasteiger partial charge in [0.2, 0.25) is 0 Å². The van der Waals surface area contributed by atoms with Crippen molar-refractivity contribution in [1.29, 1.82) is 0 Å². The molecular formula is C14H20N4O3. The minimum absolute atomic E-state index is 0.0483. The summed E-state index contributed by atoms with van der Waals surface area (Å²) in [5.41, 5.74) is 0.0346. The van der Waals surface area contributed by atoms with Crippen LogP contribution >= 0.6 is 0 Å². The van der Waals surface area contributed by atoms with Crippen molar-refractivity contribution in [3.63, 3.8) is 0 Å².